The summed E-state index contributed by atoms with van der Waals surface area (Å²) in [6.45, 7) is 5.41. The lowest BCUT2D eigenvalue weighted by atomic mass is 10.1. The third kappa shape index (κ3) is 7.30. The van der Waals surface area contributed by atoms with Gasteiger partial charge in [0.05, 0.1) is 14.2 Å². The molecule has 0 atom stereocenters. The number of Topliss-reactive ketones (excluding diaryl/α,β-unsaturated/α-hetero) is 1. The van der Waals surface area contributed by atoms with Crippen LogP contribution in [0.4, 0.5) is 5.69 Å². The molecule has 1 heterocycles. The van der Waals surface area contributed by atoms with Gasteiger partial charge in [0.2, 0.25) is 11.8 Å². The average Bonchev–Trinajstić information content (AvgIpc) is 3.36. The number of methoxy groups -OCH3 is 2. The topological polar surface area (TPSA) is 90.7 Å². The highest BCUT2D eigenvalue weighted by Gasteiger charge is 2.19. The molecular formula is C30H32N2O5. The van der Waals surface area contributed by atoms with E-state index in [1.54, 1.807) is 26.4 Å². The highest BCUT2D eigenvalue weighted by molar-refractivity contribution is 5.98. The Morgan fingerprint density at radius 3 is 2.19 bits per heavy atom. The summed E-state index contributed by atoms with van der Waals surface area (Å²) in [5.41, 5.74) is 3.64. The summed E-state index contributed by atoms with van der Waals surface area (Å²) in [4.78, 5) is 28.0. The Labute approximate surface area is 217 Å². The van der Waals surface area contributed by atoms with Crippen molar-refractivity contribution in [3.63, 3.8) is 0 Å². The van der Waals surface area contributed by atoms with E-state index in [4.69, 9.17) is 13.9 Å². The van der Waals surface area contributed by atoms with Crippen LogP contribution in [0, 0.1) is 6.92 Å². The van der Waals surface area contributed by atoms with Crippen LogP contribution in [-0.4, -0.2) is 30.9 Å². The maximum Gasteiger partial charge on any atom is 0.227 e. The zero-order chi connectivity index (χ0) is 26.8. The molecule has 3 aromatic carbocycles. The van der Waals surface area contributed by atoms with Crippen LogP contribution in [0.25, 0.3) is 22.8 Å². The Balaban J connectivity index is 0.000000289. The Morgan fingerprint density at radius 1 is 0.919 bits per heavy atom. The molecule has 0 aliphatic carbocycles. The fraction of sp³-hybridized carbons (Fsp3) is 0.233. The molecule has 7 heteroatoms. The summed E-state index contributed by atoms with van der Waals surface area (Å²) in [6, 6.07) is 22.4. The van der Waals surface area contributed by atoms with Crippen molar-refractivity contribution in [1.82, 2.24) is 4.98 Å². The third-order valence-corrected chi connectivity index (χ3v) is 5.49. The first-order valence-corrected chi connectivity index (χ1v) is 12.0. The van der Waals surface area contributed by atoms with Crippen molar-refractivity contribution in [1.29, 1.82) is 0 Å². The zero-order valence-corrected chi connectivity index (χ0v) is 21.8. The molecule has 0 aliphatic rings. The molecule has 192 valence electrons. The highest BCUT2D eigenvalue weighted by Crippen LogP contribution is 2.31. The molecule has 0 bridgehead atoms. The number of ether oxygens (including phenoxy) is 2. The molecule has 1 N–H and O–H groups in total. The van der Waals surface area contributed by atoms with E-state index in [2.05, 4.69) is 10.3 Å². The molecule has 0 radical (unpaired) electrons. The lowest BCUT2D eigenvalue weighted by molar-refractivity contribution is -0.116. The molecule has 0 fully saturated rings. The molecule has 1 aromatic heterocycles. The van der Waals surface area contributed by atoms with Gasteiger partial charge in [-0.1, -0.05) is 25.1 Å². The number of carbonyl (C=O) groups excluding carboxylic acids is 2. The van der Waals surface area contributed by atoms with Crippen molar-refractivity contribution in [2.45, 2.75) is 33.6 Å². The zero-order valence-electron chi connectivity index (χ0n) is 21.8. The minimum Gasteiger partial charge on any atom is -0.497 e. The van der Waals surface area contributed by atoms with Crippen molar-refractivity contribution in [2.75, 3.05) is 19.5 Å². The average molecular weight is 501 g/mol. The number of ketones is 1. The smallest absolute Gasteiger partial charge is 0.227 e. The molecule has 7 nitrogen and oxygen atoms in total. The molecule has 0 saturated carbocycles. The number of nitrogens with one attached hydrogen (secondary N) is 1. The van der Waals surface area contributed by atoms with E-state index in [1.807, 2.05) is 74.5 Å². The van der Waals surface area contributed by atoms with E-state index in [1.165, 1.54) is 6.92 Å². The van der Waals surface area contributed by atoms with Crippen LogP contribution >= 0.6 is 0 Å². The summed E-state index contributed by atoms with van der Waals surface area (Å²) in [5.74, 6) is 2.42. The SMILES string of the molecule is CCCC(=O)Nc1ccc(-c2oc(-c3ccccc3)nc2C(C)=O)cc1.COc1ccc(OC)c(C)c1. The predicted octanol–water partition coefficient (Wildman–Crippen LogP) is 6.96. The van der Waals surface area contributed by atoms with Crippen LogP contribution in [0.2, 0.25) is 0 Å². The van der Waals surface area contributed by atoms with E-state index in [9.17, 15) is 9.59 Å². The minimum atomic E-state index is -0.161. The number of carbonyl (C=O) groups is 2. The fourth-order valence-corrected chi connectivity index (χ4v) is 3.59. The molecule has 4 aromatic rings. The van der Waals surface area contributed by atoms with Gasteiger partial charge >= 0.3 is 0 Å². The maximum atomic E-state index is 12.0. The summed E-state index contributed by atoms with van der Waals surface area (Å²) in [5, 5.41) is 2.84. The van der Waals surface area contributed by atoms with Crippen molar-refractivity contribution in [3.05, 3.63) is 84.1 Å². The number of amides is 1. The van der Waals surface area contributed by atoms with Crippen molar-refractivity contribution in [2.24, 2.45) is 0 Å². The number of nitrogens with zero attached hydrogens (tertiary/aromatic N) is 1. The Hall–Kier alpha value is -4.39. The molecule has 1 amide bonds. The van der Waals surface area contributed by atoms with E-state index >= 15 is 0 Å². The maximum absolute atomic E-state index is 12.0. The number of rotatable bonds is 8. The second-order valence-corrected chi connectivity index (χ2v) is 8.33. The number of aromatic nitrogens is 1. The van der Waals surface area contributed by atoms with E-state index < -0.39 is 0 Å². The van der Waals surface area contributed by atoms with Gasteiger partial charge in [-0.25, -0.2) is 4.98 Å². The number of hydrogen-bond donors (Lipinski definition) is 1. The van der Waals surface area contributed by atoms with Crippen LogP contribution in [-0.2, 0) is 4.79 Å². The summed E-state index contributed by atoms with van der Waals surface area (Å²) in [7, 11) is 3.32. The van der Waals surface area contributed by atoms with E-state index in [0.717, 1.165) is 34.6 Å². The van der Waals surface area contributed by atoms with Gasteiger partial charge in [-0.3, -0.25) is 9.59 Å². The molecule has 0 unspecified atom stereocenters. The first-order valence-electron chi connectivity index (χ1n) is 12.0. The summed E-state index contributed by atoms with van der Waals surface area (Å²) < 4.78 is 16.0. The normalized spacial score (nSPS) is 10.2. The van der Waals surface area contributed by atoms with Crippen molar-refractivity contribution < 1.29 is 23.5 Å². The van der Waals surface area contributed by atoms with Gasteiger partial charge < -0.3 is 19.2 Å². The summed E-state index contributed by atoms with van der Waals surface area (Å²) in [6.07, 6.45) is 1.28. The van der Waals surface area contributed by atoms with E-state index in [0.29, 0.717) is 29.5 Å². The molecule has 4 rings (SSSR count). The standard InChI is InChI=1S/C21H20N2O3.C9H12O2/c1-3-7-18(25)22-17-12-10-15(11-13-17)20-19(14(2)24)23-21(26-20)16-8-5-4-6-9-16;1-7-6-8(10-2)4-5-9(7)11-3/h4-6,8-13H,3,7H2,1-2H3,(H,22,25);4-6H,1-3H3. The molecule has 37 heavy (non-hydrogen) atoms. The quantitative estimate of drug-likeness (QED) is 0.263. The van der Waals surface area contributed by atoms with Crippen LogP contribution in [0.15, 0.2) is 77.2 Å². The lowest BCUT2D eigenvalue weighted by Crippen LogP contribution is -2.10. The van der Waals surface area contributed by atoms with Gasteiger partial charge in [-0.05, 0) is 73.5 Å². The van der Waals surface area contributed by atoms with Crippen LogP contribution in [0.5, 0.6) is 11.5 Å². The van der Waals surface area contributed by atoms with Gasteiger partial charge in [0.1, 0.15) is 11.5 Å². The Bertz CT molecular complexity index is 1330. The predicted molar refractivity (Wildman–Crippen MR) is 145 cm³/mol. The minimum absolute atomic E-state index is 0.0179. The number of hydrogen-bond acceptors (Lipinski definition) is 6. The van der Waals surface area contributed by atoms with E-state index in [-0.39, 0.29) is 11.7 Å². The van der Waals surface area contributed by atoms with Crippen molar-refractivity contribution >= 4 is 17.4 Å². The first kappa shape index (κ1) is 27.2. The Morgan fingerprint density at radius 2 is 1.62 bits per heavy atom. The number of aryl methyl sites for hydroxylation is 1. The molecule has 0 aliphatic heterocycles. The fourth-order valence-electron chi connectivity index (χ4n) is 3.59. The summed E-state index contributed by atoms with van der Waals surface area (Å²) >= 11 is 0. The highest BCUT2D eigenvalue weighted by atomic mass is 16.5. The van der Waals surface area contributed by atoms with Gasteiger partial charge in [0.25, 0.3) is 0 Å². The van der Waals surface area contributed by atoms with Crippen molar-refractivity contribution in [3.8, 4) is 34.3 Å². The molecule has 0 spiro atoms. The van der Waals surface area contributed by atoms with Crippen LogP contribution < -0.4 is 14.8 Å². The molecule has 0 saturated heterocycles. The number of oxazole rings is 1. The second-order valence-electron chi connectivity index (χ2n) is 8.33. The lowest BCUT2D eigenvalue weighted by Gasteiger charge is -2.05. The second kappa shape index (κ2) is 13.1. The number of anilines is 1. The Kier molecular flexibility index (Phi) is 9.61. The number of benzene rings is 3. The first-order chi connectivity index (χ1) is 17.9. The van der Waals surface area contributed by atoms with Gasteiger partial charge in [0, 0.05) is 30.2 Å². The van der Waals surface area contributed by atoms with Crippen LogP contribution in [0.3, 0.4) is 0 Å². The van der Waals surface area contributed by atoms with Gasteiger partial charge in [-0.2, -0.15) is 0 Å². The largest absolute Gasteiger partial charge is 0.497 e. The third-order valence-electron chi connectivity index (χ3n) is 5.49. The van der Waals surface area contributed by atoms with Gasteiger partial charge in [-0.15, -0.1) is 0 Å². The van der Waals surface area contributed by atoms with Gasteiger partial charge in [0.15, 0.2) is 17.2 Å². The monoisotopic (exact) mass is 500 g/mol. The van der Waals surface area contributed by atoms with Crippen LogP contribution in [0.1, 0.15) is 42.7 Å². The molecular weight excluding hydrogens is 468 g/mol.